The van der Waals surface area contributed by atoms with Crippen LogP contribution in [-0.2, 0) is 16.0 Å². The zero-order valence-corrected chi connectivity index (χ0v) is 16.9. The van der Waals surface area contributed by atoms with Crippen LogP contribution >= 0.6 is 0 Å². The van der Waals surface area contributed by atoms with Crippen molar-refractivity contribution in [3.63, 3.8) is 0 Å². The second-order valence-electron chi connectivity index (χ2n) is 8.02. The van der Waals surface area contributed by atoms with Gasteiger partial charge in [-0.3, -0.25) is 9.36 Å². The van der Waals surface area contributed by atoms with Gasteiger partial charge in [0.2, 0.25) is 0 Å². The summed E-state index contributed by atoms with van der Waals surface area (Å²) >= 11 is 0. The highest BCUT2D eigenvalue weighted by Crippen LogP contribution is 2.32. The van der Waals surface area contributed by atoms with Gasteiger partial charge in [-0.1, -0.05) is 29.8 Å². The molecule has 0 N–H and O–H groups in total. The molecule has 0 unspecified atom stereocenters. The van der Waals surface area contributed by atoms with E-state index in [-0.39, 0.29) is 5.91 Å². The minimum Gasteiger partial charge on any atom is -0.408 e. The summed E-state index contributed by atoms with van der Waals surface area (Å²) in [4.78, 5) is 27.3. The minimum absolute atomic E-state index is 0.0553. The molecule has 3 heterocycles. The van der Waals surface area contributed by atoms with Crippen LogP contribution in [-0.4, -0.2) is 47.5 Å². The van der Waals surface area contributed by atoms with E-state index in [1.807, 2.05) is 36.1 Å². The van der Waals surface area contributed by atoms with E-state index in [1.54, 1.807) is 22.8 Å². The van der Waals surface area contributed by atoms with Crippen molar-refractivity contribution in [2.45, 2.75) is 32.1 Å². The van der Waals surface area contributed by atoms with Gasteiger partial charge in [0, 0.05) is 31.5 Å². The summed E-state index contributed by atoms with van der Waals surface area (Å²) in [6, 6.07) is 13.2. The van der Waals surface area contributed by atoms with Crippen LogP contribution in [0.25, 0.3) is 11.1 Å². The lowest BCUT2D eigenvalue weighted by Crippen LogP contribution is -2.47. The van der Waals surface area contributed by atoms with Gasteiger partial charge in [0.1, 0.15) is 0 Å². The Kier molecular flexibility index (Phi) is 4.72. The smallest absolute Gasteiger partial charge is 0.408 e. The highest BCUT2D eigenvalue weighted by Gasteiger charge is 2.40. The monoisotopic (exact) mass is 408 g/mol. The molecule has 2 fully saturated rings. The fourth-order valence-electron chi connectivity index (χ4n) is 4.24. The van der Waals surface area contributed by atoms with Crippen molar-refractivity contribution in [3.8, 4) is 0 Å². The zero-order valence-electron chi connectivity index (χ0n) is 16.9. The Bertz CT molecular complexity index is 1130. The largest absolute Gasteiger partial charge is 0.420 e. The highest BCUT2D eigenvalue weighted by molar-refractivity contribution is 5.97. The summed E-state index contributed by atoms with van der Waals surface area (Å²) in [6.07, 6.45) is 1.34. The third-order valence-electron chi connectivity index (χ3n) is 6.00. The van der Waals surface area contributed by atoms with Gasteiger partial charge >= 0.3 is 5.76 Å². The second kappa shape index (κ2) is 7.41. The van der Waals surface area contributed by atoms with Gasteiger partial charge in [0.25, 0.3) is 5.91 Å². The van der Waals surface area contributed by atoms with E-state index in [9.17, 15) is 9.59 Å². The summed E-state index contributed by atoms with van der Waals surface area (Å²) < 4.78 is 18.4. The van der Waals surface area contributed by atoms with Gasteiger partial charge in [0.15, 0.2) is 11.4 Å². The Morgan fingerprint density at radius 3 is 2.43 bits per heavy atom. The van der Waals surface area contributed by atoms with E-state index in [2.05, 4.69) is 0 Å². The molecule has 7 heteroatoms. The fraction of sp³-hybridized carbons (Fsp3) is 0.391. The van der Waals surface area contributed by atoms with Crippen molar-refractivity contribution in [2.75, 3.05) is 26.3 Å². The number of ether oxygens (including phenoxy) is 2. The molecule has 0 atom stereocenters. The number of rotatable bonds is 3. The number of benzene rings is 2. The molecule has 0 radical (unpaired) electrons. The Labute approximate surface area is 173 Å². The van der Waals surface area contributed by atoms with Crippen LogP contribution in [0, 0.1) is 6.92 Å². The Morgan fingerprint density at radius 2 is 1.73 bits per heavy atom. The summed E-state index contributed by atoms with van der Waals surface area (Å²) in [5, 5.41) is 0. The van der Waals surface area contributed by atoms with Gasteiger partial charge in [-0.15, -0.1) is 0 Å². The van der Waals surface area contributed by atoms with Crippen LogP contribution in [0.5, 0.6) is 0 Å². The quantitative estimate of drug-likeness (QED) is 0.666. The number of carbonyl (C=O) groups is 1. The molecule has 5 rings (SSSR count). The molecule has 0 bridgehead atoms. The fourth-order valence-corrected chi connectivity index (χ4v) is 4.24. The topological polar surface area (TPSA) is 73.9 Å². The van der Waals surface area contributed by atoms with E-state index < -0.39 is 11.5 Å². The number of likely N-dealkylation sites (tertiary alicyclic amines) is 1. The maximum absolute atomic E-state index is 13.1. The number of hydrogen-bond donors (Lipinski definition) is 0. The third kappa shape index (κ3) is 3.44. The maximum Gasteiger partial charge on any atom is 0.420 e. The van der Waals surface area contributed by atoms with Crippen molar-refractivity contribution < 1.29 is 18.7 Å². The van der Waals surface area contributed by atoms with Crippen molar-refractivity contribution >= 4 is 17.0 Å². The predicted octanol–water partition coefficient (Wildman–Crippen LogP) is 2.93. The summed E-state index contributed by atoms with van der Waals surface area (Å²) in [5.74, 6) is -0.995. The van der Waals surface area contributed by atoms with Crippen molar-refractivity contribution in [1.82, 2.24) is 9.47 Å². The lowest BCUT2D eigenvalue weighted by molar-refractivity contribution is -0.181. The van der Waals surface area contributed by atoms with E-state index in [0.717, 1.165) is 11.1 Å². The molecule has 7 nitrogen and oxygen atoms in total. The summed E-state index contributed by atoms with van der Waals surface area (Å²) in [5.41, 5.74) is 3.81. The van der Waals surface area contributed by atoms with Crippen molar-refractivity contribution in [2.24, 2.45) is 0 Å². The molecule has 2 aliphatic rings. The number of aromatic nitrogens is 1. The average Bonchev–Trinajstić information content (AvgIpc) is 3.34. The predicted molar refractivity (Wildman–Crippen MR) is 111 cm³/mol. The molecule has 1 spiro atoms. The summed E-state index contributed by atoms with van der Waals surface area (Å²) in [7, 11) is 0. The van der Waals surface area contributed by atoms with Gasteiger partial charge in [0.05, 0.1) is 25.3 Å². The number of nitrogens with zero attached hydrogens (tertiary/aromatic N) is 2. The highest BCUT2D eigenvalue weighted by atomic mass is 16.7. The van der Waals surface area contributed by atoms with Crippen LogP contribution in [0.15, 0.2) is 51.7 Å². The lowest BCUT2D eigenvalue weighted by atomic mass is 10.0. The SMILES string of the molecule is Cc1ccc(Cn2c(=O)oc3ccc(C(=O)N4CCC5(CC4)OCCO5)cc32)cc1. The first-order chi connectivity index (χ1) is 14.5. The Balaban J connectivity index is 1.39. The minimum atomic E-state index is -0.514. The molecular weight excluding hydrogens is 384 g/mol. The normalized spacial score (nSPS) is 18.4. The molecule has 30 heavy (non-hydrogen) atoms. The molecule has 2 aliphatic heterocycles. The number of carbonyl (C=O) groups excluding carboxylic acids is 1. The molecule has 0 saturated carbocycles. The standard InChI is InChI=1S/C23H24N2O5/c1-16-2-4-17(5-3-16)15-25-19-14-18(6-7-20(19)30-22(25)27)21(26)24-10-8-23(9-11-24)28-12-13-29-23/h2-7,14H,8-13,15H2,1H3. The van der Waals surface area contributed by atoms with Crippen LogP contribution in [0.4, 0.5) is 0 Å². The average molecular weight is 408 g/mol. The van der Waals surface area contributed by atoms with Gasteiger partial charge in [-0.05, 0) is 30.7 Å². The molecule has 0 aliphatic carbocycles. The van der Waals surface area contributed by atoms with E-state index in [4.69, 9.17) is 13.9 Å². The number of hydrogen-bond acceptors (Lipinski definition) is 5. The van der Waals surface area contributed by atoms with Crippen LogP contribution < -0.4 is 5.76 Å². The molecule has 1 amide bonds. The molecule has 1 aromatic heterocycles. The number of amides is 1. The first-order valence-corrected chi connectivity index (χ1v) is 10.3. The molecule has 2 saturated heterocycles. The lowest BCUT2D eigenvalue weighted by Gasteiger charge is -2.37. The first-order valence-electron chi connectivity index (χ1n) is 10.3. The van der Waals surface area contributed by atoms with E-state index in [0.29, 0.717) is 62.4 Å². The number of piperidine rings is 1. The maximum atomic E-state index is 13.1. The Hall–Kier alpha value is -2.90. The van der Waals surface area contributed by atoms with E-state index >= 15 is 0 Å². The first kappa shape index (κ1) is 19.1. The molecular formula is C23H24N2O5. The van der Waals surface area contributed by atoms with Gasteiger partial charge in [-0.2, -0.15) is 0 Å². The Morgan fingerprint density at radius 1 is 1.03 bits per heavy atom. The molecule has 3 aromatic rings. The zero-order chi connectivity index (χ0) is 20.7. The molecule has 2 aromatic carbocycles. The van der Waals surface area contributed by atoms with Crippen LogP contribution in [0.3, 0.4) is 0 Å². The number of fused-ring (bicyclic) bond motifs is 1. The van der Waals surface area contributed by atoms with Crippen LogP contribution in [0.2, 0.25) is 0 Å². The van der Waals surface area contributed by atoms with Gasteiger partial charge in [-0.25, -0.2) is 4.79 Å². The van der Waals surface area contributed by atoms with Crippen LogP contribution in [0.1, 0.15) is 34.3 Å². The number of aryl methyl sites for hydroxylation is 1. The van der Waals surface area contributed by atoms with Crippen molar-refractivity contribution in [1.29, 1.82) is 0 Å². The number of oxazole rings is 1. The third-order valence-corrected chi connectivity index (χ3v) is 6.00. The molecule has 156 valence electrons. The van der Waals surface area contributed by atoms with Gasteiger partial charge < -0.3 is 18.8 Å². The van der Waals surface area contributed by atoms with E-state index in [1.165, 1.54) is 0 Å². The second-order valence-corrected chi connectivity index (χ2v) is 8.02. The van der Waals surface area contributed by atoms with Crippen molar-refractivity contribution in [3.05, 3.63) is 69.7 Å². The summed E-state index contributed by atoms with van der Waals surface area (Å²) in [6.45, 7) is 4.81.